The van der Waals surface area contributed by atoms with Crippen LogP contribution in [0.3, 0.4) is 0 Å². The first-order chi connectivity index (χ1) is 12.2. The number of hydrogen-bond acceptors (Lipinski definition) is 4. The highest BCUT2D eigenvalue weighted by Crippen LogP contribution is 2.24. The van der Waals surface area contributed by atoms with E-state index in [0.29, 0.717) is 17.9 Å². The Morgan fingerprint density at radius 2 is 1.92 bits per heavy atom. The topological polar surface area (TPSA) is 89.6 Å². The molecule has 4 rings (SSSR count). The maximum absolute atomic E-state index is 12.6. The number of aryl methyl sites for hydroxylation is 1. The highest BCUT2D eigenvalue weighted by molar-refractivity contribution is 5.80. The van der Waals surface area contributed by atoms with Gasteiger partial charge in [0.2, 0.25) is 0 Å². The summed E-state index contributed by atoms with van der Waals surface area (Å²) in [5.74, 6) is 0.556. The van der Waals surface area contributed by atoms with E-state index in [1.807, 2.05) is 42.6 Å². The molecule has 0 saturated heterocycles. The molecule has 0 amide bonds. The predicted molar refractivity (Wildman–Crippen MR) is 97.9 cm³/mol. The molecule has 4 aromatic rings. The van der Waals surface area contributed by atoms with Gasteiger partial charge in [-0.3, -0.25) is 9.78 Å². The molecule has 0 fully saturated rings. The Morgan fingerprint density at radius 1 is 1.12 bits per heavy atom. The Balaban J connectivity index is 1.90. The first kappa shape index (κ1) is 15.3. The van der Waals surface area contributed by atoms with Crippen LogP contribution in [0.1, 0.15) is 5.56 Å². The number of rotatable bonds is 3. The van der Waals surface area contributed by atoms with Gasteiger partial charge >= 0.3 is 0 Å². The van der Waals surface area contributed by atoms with Gasteiger partial charge in [0.15, 0.2) is 0 Å². The van der Waals surface area contributed by atoms with E-state index >= 15 is 0 Å². The Kier molecular flexibility index (Phi) is 3.66. The second kappa shape index (κ2) is 5.99. The molecule has 6 heteroatoms. The molecule has 3 heterocycles. The fourth-order valence-corrected chi connectivity index (χ4v) is 2.89. The first-order valence-electron chi connectivity index (χ1n) is 7.96. The number of fused-ring (bicyclic) bond motifs is 1. The van der Waals surface area contributed by atoms with Crippen LogP contribution in [0.2, 0.25) is 0 Å². The van der Waals surface area contributed by atoms with Crippen LogP contribution < -0.4 is 11.3 Å². The number of benzene rings is 1. The van der Waals surface area contributed by atoms with Gasteiger partial charge in [-0.2, -0.15) is 0 Å². The third-order valence-electron chi connectivity index (χ3n) is 4.24. The lowest BCUT2D eigenvalue weighted by Gasteiger charge is -2.07. The zero-order chi connectivity index (χ0) is 17.4. The van der Waals surface area contributed by atoms with Gasteiger partial charge in [0, 0.05) is 32.2 Å². The lowest BCUT2D eigenvalue weighted by atomic mass is 10.1. The summed E-state index contributed by atoms with van der Waals surface area (Å²) >= 11 is 0. The van der Waals surface area contributed by atoms with Crippen molar-refractivity contribution in [2.24, 2.45) is 12.8 Å². The van der Waals surface area contributed by atoms with Crippen molar-refractivity contribution in [2.75, 3.05) is 0 Å². The summed E-state index contributed by atoms with van der Waals surface area (Å²) in [6, 6.07) is 11.5. The molecule has 3 N–H and O–H groups in total. The Hall–Kier alpha value is -3.25. The predicted octanol–water partition coefficient (Wildman–Crippen LogP) is 2.45. The van der Waals surface area contributed by atoms with E-state index in [0.717, 1.165) is 27.7 Å². The SMILES string of the molecule is Cn1cc(-c2ccncc2)cc(-c2nc3cc(CN)ccc3[nH]2)c1=O. The Labute approximate surface area is 144 Å². The van der Waals surface area contributed by atoms with E-state index in [4.69, 9.17) is 5.73 Å². The minimum Gasteiger partial charge on any atom is -0.338 e. The van der Waals surface area contributed by atoms with Gasteiger partial charge in [0.1, 0.15) is 5.82 Å². The number of nitrogens with zero attached hydrogens (tertiary/aromatic N) is 3. The Bertz CT molecular complexity index is 1110. The van der Waals surface area contributed by atoms with E-state index in [2.05, 4.69) is 15.0 Å². The monoisotopic (exact) mass is 331 g/mol. The van der Waals surface area contributed by atoms with Crippen LogP contribution in [-0.2, 0) is 13.6 Å². The van der Waals surface area contributed by atoms with Crippen LogP contribution in [0.5, 0.6) is 0 Å². The van der Waals surface area contributed by atoms with Gasteiger partial charge in [0.05, 0.1) is 16.6 Å². The van der Waals surface area contributed by atoms with Gasteiger partial charge in [-0.15, -0.1) is 0 Å². The fraction of sp³-hybridized carbons (Fsp3) is 0.105. The van der Waals surface area contributed by atoms with Crippen molar-refractivity contribution in [1.29, 1.82) is 0 Å². The molecular weight excluding hydrogens is 314 g/mol. The van der Waals surface area contributed by atoms with Crippen LogP contribution in [0, 0.1) is 0 Å². The second-order valence-corrected chi connectivity index (χ2v) is 5.94. The number of imidazole rings is 1. The molecule has 0 aliphatic heterocycles. The highest BCUT2D eigenvalue weighted by Gasteiger charge is 2.13. The quantitative estimate of drug-likeness (QED) is 0.603. The van der Waals surface area contributed by atoms with Crippen LogP contribution in [0.4, 0.5) is 0 Å². The van der Waals surface area contributed by atoms with Crippen LogP contribution in [0.25, 0.3) is 33.5 Å². The van der Waals surface area contributed by atoms with Crippen molar-refractivity contribution < 1.29 is 0 Å². The summed E-state index contributed by atoms with van der Waals surface area (Å²) in [7, 11) is 1.74. The second-order valence-electron chi connectivity index (χ2n) is 5.94. The number of pyridine rings is 2. The summed E-state index contributed by atoms with van der Waals surface area (Å²) in [5.41, 5.74) is 10.7. The van der Waals surface area contributed by atoms with E-state index in [1.54, 1.807) is 24.0 Å². The van der Waals surface area contributed by atoms with Crippen molar-refractivity contribution in [3.63, 3.8) is 0 Å². The molecule has 6 nitrogen and oxygen atoms in total. The van der Waals surface area contributed by atoms with Crippen molar-refractivity contribution in [1.82, 2.24) is 19.5 Å². The molecular formula is C19H17N5O. The number of aromatic amines is 1. The molecule has 124 valence electrons. The third-order valence-corrected chi connectivity index (χ3v) is 4.24. The number of H-pyrrole nitrogens is 1. The molecule has 0 aliphatic rings. The molecule has 0 spiro atoms. The lowest BCUT2D eigenvalue weighted by molar-refractivity contribution is 0.863. The minimum atomic E-state index is -0.101. The molecule has 0 aliphatic carbocycles. The van der Waals surface area contributed by atoms with Crippen molar-refractivity contribution in [3.05, 3.63) is 70.9 Å². The van der Waals surface area contributed by atoms with Crippen molar-refractivity contribution in [3.8, 4) is 22.5 Å². The summed E-state index contributed by atoms with van der Waals surface area (Å²) in [4.78, 5) is 24.5. The molecule has 0 atom stereocenters. The van der Waals surface area contributed by atoms with Crippen LogP contribution >= 0.6 is 0 Å². The smallest absolute Gasteiger partial charge is 0.261 e. The van der Waals surface area contributed by atoms with Crippen LogP contribution in [-0.4, -0.2) is 19.5 Å². The number of aromatic nitrogens is 4. The molecule has 0 saturated carbocycles. The van der Waals surface area contributed by atoms with Crippen molar-refractivity contribution in [2.45, 2.75) is 6.54 Å². The number of nitrogens with two attached hydrogens (primary N) is 1. The van der Waals surface area contributed by atoms with E-state index in [-0.39, 0.29) is 5.56 Å². The summed E-state index contributed by atoms with van der Waals surface area (Å²) in [5, 5.41) is 0. The van der Waals surface area contributed by atoms with Crippen molar-refractivity contribution >= 4 is 11.0 Å². The maximum atomic E-state index is 12.6. The van der Waals surface area contributed by atoms with Gasteiger partial charge in [-0.1, -0.05) is 6.07 Å². The molecule has 0 bridgehead atoms. The van der Waals surface area contributed by atoms with E-state index < -0.39 is 0 Å². The number of nitrogens with one attached hydrogen (secondary N) is 1. The molecule has 25 heavy (non-hydrogen) atoms. The van der Waals surface area contributed by atoms with E-state index in [1.165, 1.54) is 0 Å². The third kappa shape index (κ3) is 2.72. The van der Waals surface area contributed by atoms with Gasteiger partial charge in [-0.25, -0.2) is 4.98 Å². The van der Waals surface area contributed by atoms with Gasteiger partial charge in [-0.05, 0) is 47.0 Å². The zero-order valence-electron chi connectivity index (χ0n) is 13.7. The van der Waals surface area contributed by atoms with Crippen LogP contribution in [0.15, 0.2) is 59.8 Å². The fourth-order valence-electron chi connectivity index (χ4n) is 2.89. The minimum absolute atomic E-state index is 0.101. The summed E-state index contributed by atoms with van der Waals surface area (Å²) < 4.78 is 1.57. The lowest BCUT2D eigenvalue weighted by Crippen LogP contribution is -2.18. The number of hydrogen-bond donors (Lipinski definition) is 2. The van der Waals surface area contributed by atoms with Gasteiger partial charge in [0.25, 0.3) is 5.56 Å². The maximum Gasteiger partial charge on any atom is 0.261 e. The average molecular weight is 331 g/mol. The first-order valence-corrected chi connectivity index (χ1v) is 7.96. The molecule has 1 aromatic carbocycles. The highest BCUT2D eigenvalue weighted by atomic mass is 16.1. The molecule has 0 radical (unpaired) electrons. The normalized spacial score (nSPS) is 11.1. The molecule has 3 aromatic heterocycles. The average Bonchev–Trinajstić information content (AvgIpc) is 3.07. The summed E-state index contributed by atoms with van der Waals surface area (Å²) in [6.07, 6.45) is 5.28. The van der Waals surface area contributed by atoms with Gasteiger partial charge < -0.3 is 15.3 Å². The Morgan fingerprint density at radius 3 is 2.68 bits per heavy atom. The van der Waals surface area contributed by atoms with E-state index in [9.17, 15) is 4.79 Å². The standard InChI is InChI=1S/C19H17N5O/c1-24-11-14(13-4-6-21-7-5-13)9-15(19(24)25)18-22-16-3-2-12(10-20)8-17(16)23-18/h2-9,11H,10,20H2,1H3,(H,22,23). The summed E-state index contributed by atoms with van der Waals surface area (Å²) in [6.45, 7) is 0.456. The zero-order valence-corrected chi connectivity index (χ0v) is 13.7. The largest absolute Gasteiger partial charge is 0.338 e. The molecule has 0 unspecified atom stereocenters.